The van der Waals surface area contributed by atoms with Crippen molar-refractivity contribution in [3.63, 3.8) is 0 Å². The van der Waals surface area contributed by atoms with Gasteiger partial charge in [0, 0.05) is 17.5 Å². The van der Waals surface area contributed by atoms with Gasteiger partial charge in [-0.05, 0) is 24.6 Å². The second kappa shape index (κ2) is 6.62. The molecule has 4 nitrogen and oxygen atoms in total. The van der Waals surface area contributed by atoms with Gasteiger partial charge >= 0.3 is 6.18 Å². The fourth-order valence-electron chi connectivity index (χ4n) is 2.32. The van der Waals surface area contributed by atoms with Gasteiger partial charge in [0.2, 0.25) is 5.91 Å². The summed E-state index contributed by atoms with van der Waals surface area (Å²) in [6.45, 7) is 1.71. The lowest BCUT2D eigenvalue weighted by molar-refractivity contribution is -0.137. The Labute approximate surface area is 154 Å². The predicted octanol–water partition coefficient (Wildman–Crippen LogP) is 4.81. The number of thioether (sulfide) groups is 1. The van der Waals surface area contributed by atoms with Gasteiger partial charge in [0.1, 0.15) is 0 Å². The topological polar surface area (TPSA) is 57.1 Å². The van der Waals surface area contributed by atoms with Crippen LogP contribution in [0.15, 0.2) is 24.4 Å². The lowest BCUT2D eigenvalue weighted by Crippen LogP contribution is -2.30. The second-order valence-corrected chi connectivity index (χ2v) is 8.17. The van der Waals surface area contributed by atoms with Crippen LogP contribution in [0.1, 0.15) is 22.9 Å². The molecule has 1 aliphatic heterocycles. The number of halogens is 4. The van der Waals surface area contributed by atoms with Crippen molar-refractivity contribution < 1.29 is 18.0 Å². The number of alkyl halides is 3. The third-order valence-corrected chi connectivity index (χ3v) is 5.78. The molecule has 2 heterocycles. The number of hydrogen-bond acceptors (Lipinski definition) is 5. The van der Waals surface area contributed by atoms with Crippen molar-refractivity contribution in [3.8, 4) is 0 Å². The lowest BCUT2D eigenvalue weighted by atomic mass is 10.1. The first-order chi connectivity index (χ1) is 11.7. The number of carbonyl (C=O) groups excluding carboxylic acids is 1. The number of amides is 1. The number of rotatable bonds is 3. The molecule has 0 unspecified atom stereocenters. The number of anilines is 1. The quantitative estimate of drug-likeness (QED) is 0.797. The molecule has 0 aliphatic carbocycles. The van der Waals surface area contributed by atoms with E-state index in [4.69, 9.17) is 17.0 Å². The van der Waals surface area contributed by atoms with Crippen LogP contribution >= 0.6 is 34.7 Å². The normalized spacial score (nSPS) is 18.3. The van der Waals surface area contributed by atoms with E-state index in [0.717, 1.165) is 17.8 Å². The molecule has 10 heteroatoms. The van der Waals surface area contributed by atoms with E-state index >= 15 is 0 Å². The Bertz CT molecular complexity index is 853. The van der Waals surface area contributed by atoms with Crippen LogP contribution in [0.5, 0.6) is 0 Å². The molecule has 1 N–H and O–H groups in total. The van der Waals surface area contributed by atoms with Crippen LogP contribution in [-0.2, 0) is 17.4 Å². The summed E-state index contributed by atoms with van der Waals surface area (Å²) in [6, 6.07) is 3.76. The molecule has 1 fully saturated rings. The number of thiazole rings is 1. The molecule has 1 amide bonds. The van der Waals surface area contributed by atoms with Crippen molar-refractivity contribution in [2.24, 2.45) is 0 Å². The maximum absolute atomic E-state index is 12.9. The Morgan fingerprint density at radius 2 is 2.12 bits per heavy atom. The molecule has 0 spiro atoms. The molecule has 1 aliphatic rings. The summed E-state index contributed by atoms with van der Waals surface area (Å²) in [5, 5.41) is 7.62. The van der Waals surface area contributed by atoms with Crippen LogP contribution in [0, 0.1) is 5.41 Å². The predicted molar refractivity (Wildman–Crippen MR) is 93.6 cm³/mol. The molecular formula is C15H11ClF3N3OS2. The molecule has 0 radical (unpaired) electrons. The van der Waals surface area contributed by atoms with Crippen molar-refractivity contribution in [1.29, 1.82) is 5.41 Å². The van der Waals surface area contributed by atoms with Crippen LogP contribution in [0.2, 0.25) is 5.02 Å². The Kier molecular flexibility index (Phi) is 4.82. The number of hydrogen-bond donors (Lipinski definition) is 1. The van der Waals surface area contributed by atoms with Gasteiger partial charge in [0.05, 0.1) is 15.8 Å². The number of amidine groups is 1. The number of nitrogens with zero attached hydrogens (tertiary/aromatic N) is 2. The standard InChI is InChI=1S/C15H11ClF3N3OS2/c1-7-12(23)22(13(20)24-7)14-21-6-9(25-14)4-8-2-3-11(16)10(5-8)15(17,18)19/h2-3,5-7,20H,4H2,1H3/t7-/m1/s1. The van der Waals surface area contributed by atoms with Gasteiger partial charge in [-0.25, -0.2) is 9.88 Å². The number of nitrogens with one attached hydrogen (secondary N) is 1. The van der Waals surface area contributed by atoms with Gasteiger partial charge in [-0.3, -0.25) is 10.2 Å². The first-order valence-electron chi connectivity index (χ1n) is 7.06. The van der Waals surface area contributed by atoms with Crippen molar-refractivity contribution in [1.82, 2.24) is 4.98 Å². The van der Waals surface area contributed by atoms with Crippen LogP contribution in [0.25, 0.3) is 0 Å². The fraction of sp³-hybridized carbons (Fsp3) is 0.267. The largest absolute Gasteiger partial charge is 0.417 e. The van der Waals surface area contributed by atoms with Crippen LogP contribution in [-0.4, -0.2) is 21.3 Å². The van der Waals surface area contributed by atoms with Gasteiger partial charge in [-0.1, -0.05) is 29.4 Å². The average Bonchev–Trinajstić information content (AvgIpc) is 3.05. The highest BCUT2D eigenvalue weighted by Gasteiger charge is 2.37. The Balaban J connectivity index is 1.83. The van der Waals surface area contributed by atoms with E-state index in [1.165, 1.54) is 34.6 Å². The highest BCUT2D eigenvalue weighted by Crippen LogP contribution is 2.37. The molecule has 25 heavy (non-hydrogen) atoms. The van der Waals surface area contributed by atoms with Crippen molar-refractivity contribution in [2.75, 3.05) is 4.90 Å². The molecule has 132 valence electrons. The first kappa shape index (κ1) is 18.2. The van der Waals surface area contributed by atoms with Crippen LogP contribution in [0.3, 0.4) is 0 Å². The summed E-state index contributed by atoms with van der Waals surface area (Å²) in [6.07, 6.45) is -2.78. The van der Waals surface area contributed by atoms with Gasteiger partial charge < -0.3 is 0 Å². The van der Waals surface area contributed by atoms with Gasteiger partial charge in [-0.2, -0.15) is 13.2 Å². The smallest absolute Gasteiger partial charge is 0.278 e. The van der Waals surface area contributed by atoms with E-state index in [1.54, 1.807) is 6.92 Å². The van der Waals surface area contributed by atoms with E-state index in [2.05, 4.69) is 4.98 Å². The molecule has 0 bridgehead atoms. The van der Waals surface area contributed by atoms with E-state index in [9.17, 15) is 18.0 Å². The fourth-order valence-corrected chi connectivity index (χ4v) is 4.38. The molecule has 1 aromatic heterocycles. The van der Waals surface area contributed by atoms with Gasteiger partial charge in [-0.15, -0.1) is 11.3 Å². The summed E-state index contributed by atoms with van der Waals surface area (Å²) >= 11 is 7.94. The summed E-state index contributed by atoms with van der Waals surface area (Å²) in [5.41, 5.74) is -0.435. The molecule has 2 aromatic rings. The zero-order chi connectivity index (χ0) is 18.4. The third kappa shape index (κ3) is 3.68. The highest BCUT2D eigenvalue weighted by atomic mass is 35.5. The monoisotopic (exact) mass is 405 g/mol. The zero-order valence-electron chi connectivity index (χ0n) is 12.7. The van der Waals surface area contributed by atoms with E-state index < -0.39 is 11.7 Å². The first-order valence-corrected chi connectivity index (χ1v) is 9.13. The SMILES string of the molecule is C[C@H]1SC(=N)N(c2ncc(Cc3ccc(Cl)c(C(F)(F)F)c3)s2)C1=O. The van der Waals surface area contributed by atoms with E-state index in [0.29, 0.717) is 15.6 Å². The minimum absolute atomic E-state index is 0.101. The summed E-state index contributed by atoms with van der Waals surface area (Å²) in [5.74, 6) is -0.221. The zero-order valence-corrected chi connectivity index (χ0v) is 15.1. The summed E-state index contributed by atoms with van der Waals surface area (Å²) < 4.78 is 38.8. The lowest BCUT2D eigenvalue weighted by Gasteiger charge is -2.11. The van der Waals surface area contributed by atoms with Crippen LogP contribution < -0.4 is 4.90 Å². The Morgan fingerprint density at radius 3 is 2.72 bits per heavy atom. The van der Waals surface area contributed by atoms with Crippen molar-refractivity contribution in [2.45, 2.75) is 24.8 Å². The van der Waals surface area contributed by atoms with E-state index in [-0.39, 0.29) is 27.8 Å². The third-order valence-electron chi connectivity index (χ3n) is 3.51. The molecule has 0 saturated carbocycles. The molecule has 3 rings (SSSR count). The molecule has 1 aromatic carbocycles. The number of benzene rings is 1. The Hall–Kier alpha value is -1.58. The number of carbonyl (C=O) groups is 1. The summed E-state index contributed by atoms with van der Waals surface area (Å²) in [4.78, 5) is 18.1. The maximum Gasteiger partial charge on any atom is 0.417 e. The van der Waals surface area contributed by atoms with Crippen LogP contribution in [0.4, 0.5) is 18.3 Å². The van der Waals surface area contributed by atoms with Crippen molar-refractivity contribution in [3.05, 3.63) is 45.4 Å². The minimum atomic E-state index is -4.52. The molecule has 1 atom stereocenters. The van der Waals surface area contributed by atoms with Crippen molar-refractivity contribution >= 4 is 50.9 Å². The summed E-state index contributed by atoms with van der Waals surface area (Å²) in [7, 11) is 0. The molecular weight excluding hydrogens is 395 g/mol. The highest BCUT2D eigenvalue weighted by molar-refractivity contribution is 8.16. The molecule has 1 saturated heterocycles. The minimum Gasteiger partial charge on any atom is -0.278 e. The average molecular weight is 406 g/mol. The van der Waals surface area contributed by atoms with Gasteiger partial charge in [0.15, 0.2) is 10.3 Å². The Morgan fingerprint density at radius 1 is 1.40 bits per heavy atom. The number of aromatic nitrogens is 1. The maximum atomic E-state index is 12.9. The van der Waals surface area contributed by atoms with E-state index in [1.807, 2.05) is 0 Å². The van der Waals surface area contributed by atoms with Gasteiger partial charge in [0.25, 0.3) is 0 Å². The second-order valence-electron chi connectivity index (χ2n) is 5.34.